The number of urea groups is 1. The fourth-order valence-electron chi connectivity index (χ4n) is 4.64. The second-order valence-corrected chi connectivity index (χ2v) is 9.28. The van der Waals surface area contributed by atoms with Crippen LogP contribution in [0.3, 0.4) is 0 Å². The molecule has 0 unspecified atom stereocenters. The van der Waals surface area contributed by atoms with Gasteiger partial charge in [0, 0.05) is 63.6 Å². The van der Waals surface area contributed by atoms with Gasteiger partial charge in [-0.05, 0) is 60.0 Å². The van der Waals surface area contributed by atoms with Crippen LogP contribution in [0.5, 0.6) is 5.75 Å². The number of aryl methyl sites for hydroxylation is 1. The van der Waals surface area contributed by atoms with Gasteiger partial charge in [-0.25, -0.2) is 9.78 Å². The van der Waals surface area contributed by atoms with Crippen LogP contribution < -0.4 is 15.1 Å². The van der Waals surface area contributed by atoms with Gasteiger partial charge in [-0.2, -0.15) is 0 Å². The van der Waals surface area contributed by atoms with E-state index in [0.717, 1.165) is 54.3 Å². The number of likely N-dealkylation sites (N-methyl/N-ethyl adjacent to an activating group) is 1. The molecule has 0 atom stereocenters. The molecule has 7 nitrogen and oxygen atoms in total. The minimum Gasteiger partial charge on any atom is -0.507 e. The number of hydrogen-bond acceptors (Lipinski definition) is 5. The molecule has 2 saturated heterocycles. The van der Waals surface area contributed by atoms with Crippen molar-refractivity contribution in [2.75, 3.05) is 56.1 Å². The number of benzene rings is 2. The Morgan fingerprint density at radius 2 is 1.68 bits per heavy atom. The zero-order chi connectivity index (χ0) is 23.8. The third kappa shape index (κ3) is 4.17. The van der Waals surface area contributed by atoms with Crippen LogP contribution in [0.1, 0.15) is 5.56 Å². The highest BCUT2D eigenvalue weighted by Gasteiger charge is 2.28. The molecule has 2 fully saturated rings. The van der Waals surface area contributed by atoms with Crippen LogP contribution in [0.2, 0.25) is 5.02 Å². The number of phenolic OH excluding ortho intramolecular Hbond substituents is 1. The number of halogens is 1. The van der Waals surface area contributed by atoms with Gasteiger partial charge in [-0.1, -0.05) is 17.7 Å². The second kappa shape index (κ2) is 9.16. The highest BCUT2D eigenvalue weighted by Crippen LogP contribution is 2.42. The summed E-state index contributed by atoms with van der Waals surface area (Å²) < 4.78 is 0. The monoisotopic (exact) mass is 477 g/mol. The molecule has 5 rings (SSSR count). The number of amides is 2. The molecule has 8 heteroatoms. The minimum absolute atomic E-state index is 0.0617. The first-order chi connectivity index (χ1) is 16.4. The van der Waals surface area contributed by atoms with E-state index in [-0.39, 0.29) is 11.8 Å². The molecule has 0 saturated carbocycles. The molecular formula is C26H28ClN5O2. The summed E-state index contributed by atoms with van der Waals surface area (Å²) in [6.45, 7) is 6.96. The molecule has 2 aromatic carbocycles. The van der Waals surface area contributed by atoms with Crippen LogP contribution in [-0.4, -0.2) is 67.3 Å². The van der Waals surface area contributed by atoms with Crippen LogP contribution in [-0.2, 0) is 0 Å². The summed E-state index contributed by atoms with van der Waals surface area (Å²) in [4.78, 5) is 22.6. The maximum atomic E-state index is 12.4. The number of carbonyl (C=O) groups is 1. The Kier molecular flexibility index (Phi) is 6.06. The first-order valence-electron chi connectivity index (χ1n) is 11.5. The fourth-order valence-corrected chi connectivity index (χ4v) is 4.92. The third-order valence-electron chi connectivity index (χ3n) is 6.52. The van der Waals surface area contributed by atoms with Crippen molar-refractivity contribution in [3.63, 3.8) is 0 Å². The summed E-state index contributed by atoms with van der Waals surface area (Å²) >= 11 is 6.62. The number of rotatable bonds is 4. The Hall–Kier alpha value is -3.29. The molecule has 2 N–H and O–H groups in total. The highest BCUT2D eigenvalue weighted by atomic mass is 35.5. The summed E-state index contributed by atoms with van der Waals surface area (Å²) in [6.07, 6.45) is 1.80. The first-order valence-corrected chi connectivity index (χ1v) is 11.9. The van der Waals surface area contributed by atoms with E-state index in [1.165, 1.54) is 0 Å². The summed E-state index contributed by atoms with van der Waals surface area (Å²) in [6, 6.07) is 13.4. The largest absolute Gasteiger partial charge is 0.507 e. The van der Waals surface area contributed by atoms with Gasteiger partial charge in [0.15, 0.2) is 0 Å². The highest BCUT2D eigenvalue weighted by molar-refractivity contribution is 6.34. The van der Waals surface area contributed by atoms with Gasteiger partial charge >= 0.3 is 6.03 Å². The first kappa shape index (κ1) is 22.5. The van der Waals surface area contributed by atoms with Crippen molar-refractivity contribution in [3.8, 4) is 28.0 Å². The van der Waals surface area contributed by atoms with Crippen LogP contribution in [0, 0.1) is 6.92 Å². The molecule has 3 aromatic rings. The molecule has 3 heterocycles. The Balaban J connectivity index is 1.51. The third-order valence-corrected chi connectivity index (χ3v) is 6.82. The SMILES string of the molecule is Cc1cc(-c2ccnc(N3CCNCC3)c2)c(O)c(-c2ccc(N3CCN(C)C3=O)c(Cl)c2)c1. The molecule has 0 radical (unpaired) electrons. The van der Waals surface area contributed by atoms with Gasteiger partial charge in [-0.15, -0.1) is 0 Å². The van der Waals surface area contributed by atoms with Crippen molar-refractivity contribution in [3.05, 3.63) is 59.2 Å². The van der Waals surface area contributed by atoms with Crippen molar-refractivity contribution >= 4 is 29.1 Å². The van der Waals surface area contributed by atoms with Crippen LogP contribution in [0.25, 0.3) is 22.3 Å². The number of hydrogen-bond donors (Lipinski definition) is 2. The number of nitrogens with one attached hydrogen (secondary N) is 1. The molecule has 0 spiro atoms. The smallest absolute Gasteiger partial charge is 0.324 e. The van der Waals surface area contributed by atoms with Gasteiger partial charge in [0.25, 0.3) is 0 Å². The number of aromatic nitrogens is 1. The average molecular weight is 478 g/mol. The van der Waals surface area contributed by atoms with E-state index in [9.17, 15) is 9.90 Å². The van der Waals surface area contributed by atoms with Crippen LogP contribution >= 0.6 is 11.6 Å². The average Bonchev–Trinajstić information content (AvgIpc) is 3.18. The Bertz CT molecular complexity index is 1240. The molecule has 1 aromatic heterocycles. The Morgan fingerprint density at radius 3 is 2.32 bits per heavy atom. The number of carbonyl (C=O) groups excluding carboxylic acids is 1. The molecule has 34 heavy (non-hydrogen) atoms. The standard InChI is InChI=1S/C26H28ClN5O2/c1-17-13-20(18-3-4-23(22(27)15-18)32-12-11-30(2)26(32)34)25(33)21(14-17)19-5-6-29-24(16-19)31-9-7-28-8-10-31/h3-6,13-16,28,33H,7-12H2,1-2H3. The lowest BCUT2D eigenvalue weighted by atomic mass is 9.95. The van der Waals surface area contributed by atoms with E-state index >= 15 is 0 Å². The number of aromatic hydroxyl groups is 1. The van der Waals surface area contributed by atoms with E-state index < -0.39 is 0 Å². The van der Waals surface area contributed by atoms with E-state index in [1.807, 2.05) is 49.4 Å². The lowest BCUT2D eigenvalue weighted by Crippen LogP contribution is -2.43. The predicted octanol–water partition coefficient (Wildman–Crippen LogP) is 4.36. The number of piperazine rings is 1. The fraction of sp³-hybridized carbons (Fsp3) is 0.308. The quantitative estimate of drug-likeness (QED) is 0.584. The predicted molar refractivity (Wildman–Crippen MR) is 137 cm³/mol. The van der Waals surface area contributed by atoms with Crippen LogP contribution in [0.4, 0.5) is 16.3 Å². The van der Waals surface area contributed by atoms with Crippen molar-refractivity contribution in [2.45, 2.75) is 6.92 Å². The topological polar surface area (TPSA) is 71.9 Å². The van der Waals surface area contributed by atoms with Gasteiger partial charge < -0.3 is 20.2 Å². The minimum atomic E-state index is -0.0617. The van der Waals surface area contributed by atoms with Crippen molar-refractivity contribution in [1.82, 2.24) is 15.2 Å². The van der Waals surface area contributed by atoms with Gasteiger partial charge in [0.1, 0.15) is 11.6 Å². The van der Waals surface area contributed by atoms with E-state index in [0.29, 0.717) is 29.4 Å². The van der Waals surface area contributed by atoms with Crippen molar-refractivity contribution in [1.29, 1.82) is 0 Å². The molecule has 0 aliphatic carbocycles. The number of nitrogens with zero attached hydrogens (tertiary/aromatic N) is 4. The normalized spacial score (nSPS) is 16.4. The summed E-state index contributed by atoms with van der Waals surface area (Å²) in [5.41, 5.74) is 4.88. The van der Waals surface area contributed by atoms with E-state index in [4.69, 9.17) is 11.6 Å². The zero-order valence-corrected chi connectivity index (χ0v) is 20.1. The Morgan fingerprint density at radius 1 is 0.971 bits per heavy atom. The van der Waals surface area contributed by atoms with Gasteiger partial charge in [-0.3, -0.25) is 4.90 Å². The second-order valence-electron chi connectivity index (χ2n) is 8.87. The van der Waals surface area contributed by atoms with Crippen molar-refractivity contribution < 1.29 is 9.90 Å². The molecular weight excluding hydrogens is 450 g/mol. The molecule has 2 amide bonds. The number of anilines is 2. The zero-order valence-electron chi connectivity index (χ0n) is 19.4. The molecule has 2 aliphatic rings. The Labute approximate surface area is 204 Å². The summed E-state index contributed by atoms with van der Waals surface area (Å²) in [5.74, 6) is 1.11. The lowest BCUT2D eigenvalue weighted by Gasteiger charge is -2.28. The maximum Gasteiger partial charge on any atom is 0.324 e. The summed E-state index contributed by atoms with van der Waals surface area (Å²) in [7, 11) is 1.78. The molecule has 176 valence electrons. The maximum absolute atomic E-state index is 12.4. The molecule has 0 bridgehead atoms. The van der Waals surface area contributed by atoms with E-state index in [2.05, 4.69) is 15.2 Å². The molecule has 2 aliphatic heterocycles. The van der Waals surface area contributed by atoms with E-state index in [1.54, 1.807) is 23.0 Å². The van der Waals surface area contributed by atoms with Gasteiger partial charge in [0.2, 0.25) is 0 Å². The van der Waals surface area contributed by atoms with Crippen molar-refractivity contribution in [2.24, 2.45) is 0 Å². The lowest BCUT2D eigenvalue weighted by molar-refractivity contribution is 0.229. The number of phenols is 1. The summed E-state index contributed by atoms with van der Waals surface area (Å²) in [5, 5.41) is 15.2. The van der Waals surface area contributed by atoms with Crippen LogP contribution in [0.15, 0.2) is 48.7 Å². The van der Waals surface area contributed by atoms with Gasteiger partial charge in [0.05, 0.1) is 10.7 Å². The number of pyridine rings is 1.